The Kier molecular flexibility index (Phi) is 5.06. The molecule has 144 valence electrons. The molecule has 3 aromatic heterocycles. The fraction of sp³-hybridized carbons (Fsp3) is 0.333. The number of hydrogen-bond donors (Lipinski definition) is 1. The Hall–Kier alpha value is -3.22. The van der Waals surface area contributed by atoms with E-state index in [9.17, 15) is 9.90 Å². The smallest absolute Gasteiger partial charge is 0.339 e. The second-order valence-electron chi connectivity index (χ2n) is 7.16. The topological polar surface area (TPSA) is 84.1 Å². The van der Waals surface area contributed by atoms with Gasteiger partial charge in [-0.15, -0.1) is 0 Å². The molecule has 0 atom stereocenters. The standard InChI is InChI=1S/C21H23N5O2/c1-15-4-5-18(21(27)28)20(24-15)25-10-6-17(7-11-25)19-23-9-12-26(19)14-16-3-2-8-22-13-16/h2-5,8-9,12-13,17H,6-7,10-11,14H2,1H3,(H,27,28). The highest BCUT2D eigenvalue weighted by atomic mass is 16.4. The van der Waals surface area contributed by atoms with E-state index in [4.69, 9.17) is 0 Å². The number of piperidine rings is 1. The first-order valence-electron chi connectivity index (χ1n) is 9.47. The number of anilines is 1. The van der Waals surface area contributed by atoms with E-state index in [1.807, 2.05) is 31.6 Å². The maximum absolute atomic E-state index is 11.6. The number of carboxylic acids is 1. The highest BCUT2D eigenvalue weighted by Gasteiger charge is 2.27. The van der Waals surface area contributed by atoms with E-state index in [2.05, 4.69) is 30.5 Å². The molecule has 4 heterocycles. The van der Waals surface area contributed by atoms with Crippen molar-refractivity contribution < 1.29 is 9.90 Å². The Morgan fingerprint density at radius 2 is 2.04 bits per heavy atom. The predicted octanol–water partition coefficient (Wildman–Crippen LogP) is 3.11. The van der Waals surface area contributed by atoms with Gasteiger partial charge in [0.25, 0.3) is 0 Å². The summed E-state index contributed by atoms with van der Waals surface area (Å²) in [5, 5.41) is 9.48. The average Bonchev–Trinajstić information content (AvgIpc) is 3.16. The number of rotatable bonds is 5. The monoisotopic (exact) mass is 377 g/mol. The SMILES string of the molecule is Cc1ccc(C(=O)O)c(N2CCC(c3nccn3Cc3cccnc3)CC2)n1. The summed E-state index contributed by atoms with van der Waals surface area (Å²) in [5.74, 6) is 1.07. The molecule has 3 aromatic rings. The minimum Gasteiger partial charge on any atom is -0.478 e. The molecule has 0 unspecified atom stereocenters. The Morgan fingerprint density at radius 3 is 2.75 bits per heavy atom. The van der Waals surface area contributed by atoms with Crippen LogP contribution in [0.4, 0.5) is 5.82 Å². The molecular formula is C21H23N5O2. The van der Waals surface area contributed by atoms with E-state index in [0.717, 1.165) is 49.6 Å². The van der Waals surface area contributed by atoms with E-state index in [1.165, 1.54) is 0 Å². The highest BCUT2D eigenvalue weighted by molar-refractivity contribution is 5.93. The fourth-order valence-electron chi connectivity index (χ4n) is 3.80. The molecule has 0 aliphatic carbocycles. The van der Waals surface area contributed by atoms with Crippen LogP contribution in [0.5, 0.6) is 0 Å². The zero-order chi connectivity index (χ0) is 19.5. The average molecular weight is 377 g/mol. The normalized spacial score (nSPS) is 15.0. The third kappa shape index (κ3) is 3.74. The summed E-state index contributed by atoms with van der Waals surface area (Å²) in [7, 11) is 0. The van der Waals surface area contributed by atoms with Crippen molar-refractivity contribution in [3.63, 3.8) is 0 Å². The number of aryl methyl sites for hydroxylation is 1. The second kappa shape index (κ2) is 7.80. The van der Waals surface area contributed by atoms with Crippen molar-refractivity contribution in [3.8, 4) is 0 Å². The van der Waals surface area contributed by atoms with E-state index in [-0.39, 0.29) is 5.56 Å². The van der Waals surface area contributed by atoms with Crippen molar-refractivity contribution >= 4 is 11.8 Å². The van der Waals surface area contributed by atoms with Crippen LogP contribution in [0.1, 0.15) is 46.2 Å². The molecule has 0 aromatic carbocycles. The third-order valence-electron chi connectivity index (χ3n) is 5.23. The van der Waals surface area contributed by atoms with Gasteiger partial charge in [0, 0.05) is 49.5 Å². The number of carboxylic acid groups (broad SMARTS) is 1. The van der Waals surface area contributed by atoms with Crippen molar-refractivity contribution in [3.05, 3.63) is 71.7 Å². The van der Waals surface area contributed by atoms with Crippen LogP contribution in [-0.2, 0) is 6.54 Å². The number of pyridine rings is 2. The van der Waals surface area contributed by atoms with Gasteiger partial charge in [-0.05, 0) is 43.5 Å². The number of hydrogen-bond acceptors (Lipinski definition) is 5. The molecule has 7 nitrogen and oxygen atoms in total. The van der Waals surface area contributed by atoms with Crippen molar-refractivity contribution in [2.45, 2.75) is 32.2 Å². The van der Waals surface area contributed by atoms with Gasteiger partial charge in [0.1, 0.15) is 17.2 Å². The molecule has 0 spiro atoms. The van der Waals surface area contributed by atoms with Crippen LogP contribution in [0.15, 0.2) is 49.1 Å². The zero-order valence-electron chi connectivity index (χ0n) is 15.8. The van der Waals surface area contributed by atoms with Crippen LogP contribution in [0.3, 0.4) is 0 Å². The first-order valence-corrected chi connectivity index (χ1v) is 9.47. The van der Waals surface area contributed by atoms with Crippen LogP contribution >= 0.6 is 0 Å². The van der Waals surface area contributed by atoms with E-state index < -0.39 is 5.97 Å². The molecule has 1 aliphatic heterocycles. The lowest BCUT2D eigenvalue weighted by molar-refractivity contribution is 0.0697. The lowest BCUT2D eigenvalue weighted by atomic mass is 9.95. The fourth-order valence-corrected chi connectivity index (χ4v) is 3.80. The van der Waals surface area contributed by atoms with Gasteiger partial charge in [0.15, 0.2) is 0 Å². The number of aromatic nitrogens is 4. The Balaban J connectivity index is 1.48. The molecule has 4 rings (SSSR count). The van der Waals surface area contributed by atoms with Crippen molar-refractivity contribution in [2.24, 2.45) is 0 Å². The highest BCUT2D eigenvalue weighted by Crippen LogP contribution is 2.30. The van der Waals surface area contributed by atoms with E-state index in [1.54, 1.807) is 18.3 Å². The van der Waals surface area contributed by atoms with E-state index in [0.29, 0.717) is 11.7 Å². The predicted molar refractivity (Wildman–Crippen MR) is 106 cm³/mol. The molecule has 1 aliphatic rings. The quantitative estimate of drug-likeness (QED) is 0.735. The van der Waals surface area contributed by atoms with Gasteiger partial charge in [-0.3, -0.25) is 4.98 Å². The maximum atomic E-state index is 11.6. The Labute approximate surface area is 163 Å². The molecule has 0 radical (unpaired) electrons. The summed E-state index contributed by atoms with van der Waals surface area (Å²) in [6.45, 7) is 4.17. The number of imidazole rings is 1. The maximum Gasteiger partial charge on any atom is 0.339 e. The van der Waals surface area contributed by atoms with Crippen LogP contribution in [-0.4, -0.2) is 43.7 Å². The first-order chi connectivity index (χ1) is 13.6. The lowest BCUT2D eigenvalue weighted by Gasteiger charge is -2.33. The van der Waals surface area contributed by atoms with E-state index >= 15 is 0 Å². The van der Waals surface area contributed by atoms with Gasteiger partial charge >= 0.3 is 5.97 Å². The van der Waals surface area contributed by atoms with Gasteiger partial charge in [-0.25, -0.2) is 14.8 Å². The van der Waals surface area contributed by atoms with Gasteiger partial charge in [0.05, 0.1) is 6.54 Å². The zero-order valence-corrected chi connectivity index (χ0v) is 15.8. The van der Waals surface area contributed by atoms with Crippen LogP contribution < -0.4 is 4.90 Å². The van der Waals surface area contributed by atoms with Gasteiger partial charge in [-0.1, -0.05) is 6.07 Å². The molecule has 1 saturated heterocycles. The molecule has 0 saturated carbocycles. The van der Waals surface area contributed by atoms with Gasteiger partial charge in [0.2, 0.25) is 0 Å². The molecule has 7 heteroatoms. The number of nitrogens with zero attached hydrogens (tertiary/aromatic N) is 5. The van der Waals surface area contributed by atoms with Gasteiger partial charge in [-0.2, -0.15) is 0 Å². The summed E-state index contributed by atoms with van der Waals surface area (Å²) >= 11 is 0. The second-order valence-corrected chi connectivity index (χ2v) is 7.16. The third-order valence-corrected chi connectivity index (χ3v) is 5.23. The van der Waals surface area contributed by atoms with Crippen molar-refractivity contribution in [1.29, 1.82) is 0 Å². The molecule has 0 amide bonds. The molecule has 1 fully saturated rings. The minimum absolute atomic E-state index is 0.266. The lowest BCUT2D eigenvalue weighted by Crippen LogP contribution is -2.35. The summed E-state index contributed by atoms with van der Waals surface area (Å²) in [5.41, 5.74) is 2.24. The molecule has 28 heavy (non-hydrogen) atoms. The van der Waals surface area contributed by atoms with Crippen molar-refractivity contribution in [2.75, 3.05) is 18.0 Å². The van der Waals surface area contributed by atoms with Crippen LogP contribution in [0, 0.1) is 6.92 Å². The van der Waals surface area contributed by atoms with Crippen LogP contribution in [0.25, 0.3) is 0 Å². The Morgan fingerprint density at radius 1 is 1.21 bits per heavy atom. The Bertz CT molecular complexity index is 962. The summed E-state index contributed by atoms with van der Waals surface area (Å²) in [6.07, 6.45) is 9.35. The number of carbonyl (C=O) groups is 1. The first kappa shape index (κ1) is 18.2. The summed E-state index contributed by atoms with van der Waals surface area (Å²) in [4.78, 5) is 26.9. The summed E-state index contributed by atoms with van der Waals surface area (Å²) in [6, 6.07) is 7.40. The van der Waals surface area contributed by atoms with Crippen molar-refractivity contribution in [1.82, 2.24) is 19.5 Å². The number of aromatic carboxylic acids is 1. The van der Waals surface area contributed by atoms with Crippen LogP contribution in [0.2, 0.25) is 0 Å². The summed E-state index contributed by atoms with van der Waals surface area (Å²) < 4.78 is 2.19. The minimum atomic E-state index is -0.934. The molecule has 1 N–H and O–H groups in total. The van der Waals surface area contributed by atoms with Gasteiger partial charge < -0.3 is 14.6 Å². The largest absolute Gasteiger partial charge is 0.478 e. The molecule has 0 bridgehead atoms. The molecular weight excluding hydrogens is 354 g/mol.